The monoisotopic (exact) mass is 514 g/mol. The molecule has 8 nitrogen and oxygen atoms in total. The Morgan fingerprint density at radius 2 is 1.97 bits per heavy atom. The molecule has 34 heavy (non-hydrogen) atoms. The minimum absolute atomic E-state index is 0.0976. The van der Waals surface area contributed by atoms with Crippen LogP contribution in [0.25, 0.3) is 16.0 Å². The van der Waals surface area contributed by atoms with Gasteiger partial charge in [0.1, 0.15) is 4.88 Å². The summed E-state index contributed by atoms with van der Waals surface area (Å²) in [6, 6.07) is 11.9. The molecule has 0 spiro atoms. The van der Waals surface area contributed by atoms with Crippen LogP contribution in [0.5, 0.6) is 0 Å². The molecule has 0 saturated heterocycles. The van der Waals surface area contributed by atoms with Gasteiger partial charge in [-0.15, -0.1) is 0 Å². The molecule has 2 aromatic carbocycles. The van der Waals surface area contributed by atoms with Gasteiger partial charge in [0.05, 0.1) is 23.2 Å². The number of nitrogens with one attached hydrogen (secondary N) is 2. The van der Waals surface area contributed by atoms with Crippen LogP contribution < -0.4 is 10.9 Å². The van der Waals surface area contributed by atoms with Gasteiger partial charge in [-0.05, 0) is 62.0 Å². The van der Waals surface area contributed by atoms with Crippen LogP contribution in [0.1, 0.15) is 38.2 Å². The number of hydrogen-bond donors (Lipinski definition) is 2. The van der Waals surface area contributed by atoms with E-state index in [1.54, 1.807) is 44.2 Å². The molecule has 0 radical (unpaired) electrons. The van der Waals surface area contributed by atoms with Gasteiger partial charge < -0.3 is 15.0 Å². The van der Waals surface area contributed by atoms with E-state index >= 15 is 0 Å². The van der Waals surface area contributed by atoms with Crippen LogP contribution >= 0.6 is 35.2 Å². The smallest absolute Gasteiger partial charge is 0.350 e. The fourth-order valence-corrected chi connectivity index (χ4v) is 4.71. The van der Waals surface area contributed by atoms with Crippen LogP contribution in [0.2, 0.25) is 5.02 Å². The number of H-pyrrole nitrogens is 1. The van der Waals surface area contributed by atoms with E-state index in [-0.39, 0.29) is 22.4 Å². The number of rotatable bonds is 6. The number of halogens is 1. The van der Waals surface area contributed by atoms with E-state index in [4.69, 9.17) is 28.6 Å². The first-order valence-corrected chi connectivity index (χ1v) is 11.9. The number of thiazole rings is 1. The number of benzene rings is 2. The van der Waals surface area contributed by atoms with E-state index in [0.29, 0.717) is 38.6 Å². The molecule has 4 aromatic rings. The van der Waals surface area contributed by atoms with Crippen molar-refractivity contribution in [3.8, 4) is 5.13 Å². The van der Waals surface area contributed by atoms with Crippen molar-refractivity contribution in [3.05, 3.63) is 84.3 Å². The first kappa shape index (κ1) is 23.8. The Hall–Kier alpha value is -3.34. The number of aryl methyl sites for hydroxylation is 1. The van der Waals surface area contributed by atoms with Crippen LogP contribution in [0.3, 0.4) is 0 Å². The van der Waals surface area contributed by atoms with Crippen molar-refractivity contribution >= 4 is 57.9 Å². The highest BCUT2D eigenvalue weighted by Crippen LogP contribution is 2.23. The van der Waals surface area contributed by atoms with E-state index in [9.17, 15) is 14.4 Å². The lowest BCUT2D eigenvalue weighted by Gasteiger charge is -2.08. The molecule has 0 aliphatic carbocycles. The molecule has 2 heterocycles. The quantitative estimate of drug-likeness (QED) is 0.288. The summed E-state index contributed by atoms with van der Waals surface area (Å²) in [5.74, 6) is -0.795. The summed E-state index contributed by atoms with van der Waals surface area (Å²) in [7, 11) is 0. The summed E-state index contributed by atoms with van der Waals surface area (Å²) < 4.78 is 6.38. The van der Waals surface area contributed by atoms with Crippen LogP contribution in [0.4, 0.5) is 0 Å². The number of nitrogens with zero attached hydrogens (tertiary/aromatic N) is 2. The van der Waals surface area contributed by atoms with Crippen molar-refractivity contribution in [2.75, 3.05) is 6.61 Å². The largest absolute Gasteiger partial charge is 0.462 e. The minimum Gasteiger partial charge on any atom is -0.462 e. The first-order valence-electron chi connectivity index (χ1n) is 10.2. The third-order valence-electron chi connectivity index (χ3n) is 4.96. The molecular weight excluding hydrogens is 496 g/mol. The number of carbonyl (C=O) groups excluding carboxylic acids is 2. The van der Waals surface area contributed by atoms with Crippen LogP contribution in [0.15, 0.2) is 47.3 Å². The van der Waals surface area contributed by atoms with Gasteiger partial charge >= 0.3 is 5.97 Å². The highest BCUT2D eigenvalue weighted by molar-refractivity contribution is 7.71. The standard InChI is InChI=1S/C23H19ClN4O4S2/c1-3-32-21(31)18-12(2)26-23(34-18)28-20(30)16-9-6-14(10-17(16)27-22(28)33)19(29)25-11-13-4-7-15(24)8-5-13/h4-10H,3,11H2,1-2H3,(H,25,29)(H,27,33). The van der Waals surface area contributed by atoms with Crippen LogP contribution in [-0.2, 0) is 11.3 Å². The molecule has 1 amide bonds. The number of hydrogen-bond acceptors (Lipinski definition) is 7. The maximum absolute atomic E-state index is 13.2. The summed E-state index contributed by atoms with van der Waals surface area (Å²) in [6.07, 6.45) is 0. The molecule has 174 valence electrons. The fourth-order valence-electron chi connectivity index (χ4n) is 3.28. The zero-order valence-electron chi connectivity index (χ0n) is 18.2. The van der Waals surface area contributed by atoms with Gasteiger partial charge in [0.25, 0.3) is 11.5 Å². The summed E-state index contributed by atoms with van der Waals surface area (Å²) in [4.78, 5) is 45.6. The highest BCUT2D eigenvalue weighted by atomic mass is 35.5. The maximum Gasteiger partial charge on any atom is 0.350 e. The topological polar surface area (TPSA) is 106 Å². The molecule has 0 aliphatic heterocycles. The van der Waals surface area contributed by atoms with Gasteiger partial charge in [-0.1, -0.05) is 35.1 Å². The normalized spacial score (nSPS) is 10.9. The minimum atomic E-state index is -0.498. The van der Waals surface area contributed by atoms with Crippen molar-refractivity contribution in [2.45, 2.75) is 20.4 Å². The van der Waals surface area contributed by atoms with Gasteiger partial charge in [-0.25, -0.2) is 14.3 Å². The van der Waals surface area contributed by atoms with E-state index in [0.717, 1.165) is 16.9 Å². The number of ether oxygens (including phenoxy) is 1. The van der Waals surface area contributed by atoms with Crippen molar-refractivity contribution < 1.29 is 14.3 Å². The lowest BCUT2D eigenvalue weighted by Crippen LogP contribution is -2.24. The number of fused-ring (bicyclic) bond motifs is 1. The summed E-state index contributed by atoms with van der Waals surface area (Å²) in [5.41, 5.74) is 1.74. The van der Waals surface area contributed by atoms with Gasteiger partial charge in [0, 0.05) is 17.1 Å². The molecule has 0 unspecified atom stereocenters. The van der Waals surface area contributed by atoms with Crippen molar-refractivity contribution in [2.24, 2.45) is 0 Å². The Bertz CT molecular complexity index is 1520. The molecule has 4 rings (SSSR count). The van der Waals surface area contributed by atoms with Gasteiger partial charge in [0.15, 0.2) is 9.90 Å². The number of aromatic nitrogens is 3. The molecule has 2 N–H and O–H groups in total. The lowest BCUT2D eigenvalue weighted by molar-refractivity contribution is 0.0531. The summed E-state index contributed by atoms with van der Waals surface area (Å²) in [5, 5.41) is 4.05. The number of amides is 1. The third-order valence-corrected chi connectivity index (χ3v) is 6.62. The van der Waals surface area contributed by atoms with Gasteiger partial charge in [-0.3, -0.25) is 9.59 Å². The number of esters is 1. The van der Waals surface area contributed by atoms with Crippen LogP contribution in [-0.4, -0.2) is 33.0 Å². The van der Waals surface area contributed by atoms with E-state index < -0.39 is 11.5 Å². The van der Waals surface area contributed by atoms with Crippen molar-refractivity contribution in [1.82, 2.24) is 19.9 Å². The Morgan fingerprint density at radius 3 is 2.68 bits per heavy atom. The lowest BCUT2D eigenvalue weighted by atomic mass is 10.1. The molecule has 0 aliphatic rings. The number of carbonyl (C=O) groups is 2. The Labute approximate surface area is 208 Å². The summed E-state index contributed by atoms with van der Waals surface area (Å²) in [6.45, 7) is 3.94. The predicted octanol–water partition coefficient (Wildman–Crippen LogP) is 4.57. The zero-order valence-corrected chi connectivity index (χ0v) is 20.6. The van der Waals surface area contributed by atoms with E-state index in [2.05, 4.69) is 15.3 Å². The SMILES string of the molecule is CCOC(=O)c1sc(-n2c(=S)[nH]c3cc(C(=O)NCc4ccc(Cl)cc4)ccc3c2=O)nc1C. The second kappa shape index (κ2) is 9.88. The van der Waals surface area contributed by atoms with E-state index in [1.165, 1.54) is 4.57 Å². The molecule has 11 heteroatoms. The molecular formula is C23H19ClN4O4S2. The summed E-state index contributed by atoms with van der Waals surface area (Å²) >= 11 is 12.3. The van der Waals surface area contributed by atoms with Crippen molar-refractivity contribution in [1.29, 1.82) is 0 Å². The predicted molar refractivity (Wildman–Crippen MR) is 134 cm³/mol. The van der Waals surface area contributed by atoms with Gasteiger partial charge in [-0.2, -0.15) is 0 Å². The Balaban J connectivity index is 1.64. The molecule has 0 atom stereocenters. The Morgan fingerprint density at radius 1 is 1.24 bits per heavy atom. The van der Waals surface area contributed by atoms with Crippen LogP contribution in [0, 0.1) is 11.7 Å². The highest BCUT2D eigenvalue weighted by Gasteiger charge is 2.19. The third kappa shape index (κ3) is 4.79. The average molecular weight is 515 g/mol. The van der Waals surface area contributed by atoms with Crippen molar-refractivity contribution in [3.63, 3.8) is 0 Å². The van der Waals surface area contributed by atoms with Gasteiger partial charge in [0.2, 0.25) is 0 Å². The number of aromatic amines is 1. The molecule has 0 fully saturated rings. The molecule has 0 saturated carbocycles. The second-order valence-electron chi connectivity index (χ2n) is 7.27. The molecule has 2 aromatic heterocycles. The average Bonchev–Trinajstić information content (AvgIpc) is 3.19. The zero-order chi connectivity index (χ0) is 24.4. The fraction of sp³-hybridized carbons (Fsp3) is 0.174. The maximum atomic E-state index is 13.2. The second-order valence-corrected chi connectivity index (χ2v) is 9.07. The molecule has 0 bridgehead atoms. The first-order chi connectivity index (χ1) is 16.3. The Kier molecular flexibility index (Phi) is 6.92. The van der Waals surface area contributed by atoms with E-state index in [1.807, 2.05) is 12.1 Å².